The molecule has 2 amide bonds. The van der Waals surface area contributed by atoms with Gasteiger partial charge in [0.15, 0.2) is 0 Å². The smallest absolute Gasteiger partial charge is 0.263 e. The highest BCUT2D eigenvalue weighted by molar-refractivity contribution is 7.12. The topological polar surface area (TPSA) is 128 Å². The zero-order valence-electron chi connectivity index (χ0n) is 21.9. The first-order chi connectivity index (χ1) is 18.3. The normalized spacial score (nSPS) is 13.5. The standard InChI is InChI=1S/C26H30N8O3S/c1-14(33(3)4)25(36)34-10-7-15-12-20(37-5)18(13-19(15)34)30-26-31-22-16(6-9-28-22)23(32-26)29-17-8-11-38-21(17)24(35)27-2/h6,8-9,11-14H,7,10H2,1-5H3,(H,27,35)(H3,28,29,30,31,32)/t14-/m1/s1. The number of hydrogen-bond acceptors (Lipinski definition) is 9. The van der Waals surface area contributed by atoms with Gasteiger partial charge in [0.25, 0.3) is 5.91 Å². The third-order valence-corrected chi connectivity index (χ3v) is 7.62. The molecule has 0 bridgehead atoms. The second-order valence-electron chi connectivity index (χ2n) is 9.19. The Morgan fingerprint density at radius 3 is 2.74 bits per heavy atom. The van der Waals surface area contributed by atoms with Gasteiger partial charge in [0, 0.05) is 25.5 Å². The fourth-order valence-electron chi connectivity index (χ4n) is 4.39. The van der Waals surface area contributed by atoms with Crippen LogP contribution < -0.4 is 25.6 Å². The molecule has 1 atom stereocenters. The Balaban J connectivity index is 1.50. The van der Waals surface area contributed by atoms with Gasteiger partial charge in [-0.1, -0.05) is 0 Å². The molecule has 0 spiro atoms. The maximum atomic E-state index is 13.2. The van der Waals surface area contributed by atoms with Gasteiger partial charge in [0.1, 0.15) is 22.1 Å². The van der Waals surface area contributed by atoms with E-state index in [2.05, 4.69) is 25.9 Å². The lowest BCUT2D eigenvalue weighted by Gasteiger charge is -2.26. The van der Waals surface area contributed by atoms with E-state index in [-0.39, 0.29) is 17.9 Å². The Hall–Kier alpha value is -4.16. The van der Waals surface area contributed by atoms with Crippen LogP contribution >= 0.6 is 11.3 Å². The second-order valence-corrected chi connectivity index (χ2v) is 10.1. The van der Waals surface area contributed by atoms with Crippen molar-refractivity contribution < 1.29 is 14.3 Å². The summed E-state index contributed by atoms with van der Waals surface area (Å²) >= 11 is 1.35. The van der Waals surface area contributed by atoms with Crippen molar-refractivity contribution in [3.63, 3.8) is 0 Å². The number of hydrogen-bond donors (Lipinski definition) is 4. The molecule has 5 rings (SSSR count). The molecule has 0 unspecified atom stereocenters. The maximum absolute atomic E-state index is 13.2. The van der Waals surface area contributed by atoms with Crippen LogP contribution in [0.5, 0.6) is 5.75 Å². The number of carbonyl (C=O) groups is 2. The summed E-state index contributed by atoms with van der Waals surface area (Å²) in [5.74, 6) is 1.37. The van der Waals surface area contributed by atoms with Crippen LogP contribution in [0.4, 0.5) is 28.8 Å². The van der Waals surface area contributed by atoms with E-state index in [1.807, 2.05) is 60.5 Å². The van der Waals surface area contributed by atoms with Crippen LogP contribution in [-0.2, 0) is 11.2 Å². The molecule has 0 saturated carbocycles. The van der Waals surface area contributed by atoms with Gasteiger partial charge in [0.05, 0.1) is 29.9 Å². The van der Waals surface area contributed by atoms with E-state index in [0.717, 1.165) is 23.1 Å². The summed E-state index contributed by atoms with van der Waals surface area (Å²) in [7, 11) is 7.00. The molecule has 1 aliphatic rings. The van der Waals surface area contributed by atoms with Crippen molar-refractivity contribution in [2.45, 2.75) is 19.4 Å². The lowest BCUT2D eigenvalue weighted by Crippen LogP contribution is -2.43. The Kier molecular flexibility index (Phi) is 6.91. The van der Waals surface area contributed by atoms with Gasteiger partial charge in [-0.2, -0.15) is 9.97 Å². The molecule has 0 fully saturated rings. The highest BCUT2D eigenvalue weighted by atomic mass is 32.1. The van der Waals surface area contributed by atoms with Crippen molar-refractivity contribution in [2.75, 3.05) is 50.3 Å². The summed E-state index contributed by atoms with van der Waals surface area (Å²) in [6.07, 6.45) is 2.54. The molecule has 0 radical (unpaired) electrons. The molecule has 4 heterocycles. The molecule has 0 aliphatic carbocycles. The van der Waals surface area contributed by atoms with Crippen molar-refractivity contribution in [3.05, 3.63) is 46.3 Å². The largest absolute Gasteiger partial charge is 0.495 e. The highest BCUT2D eigenvalue weighted by Gasteiger charge is 2.30. The molecular weight excluding hydrogens is 504 g/mol. The number of aromatic amines is 1. The van der Waals surface area contributed by atoms with Gasteiger partial charge < -0.3 is 30.6 Å². The second kappa shape index (κ2) is 10.3. The zero-order valence-corrected chi connectivity index (χ0v) is 22.7. The molecule has 3 aromatic heterocycles. The van der Waals surface area contributed by atoms with Crippen molar-refractivity contribution in [2.24, 2.45) is 0 Å². The number of aromatic nitrogens is 3. The van der Waals surface area contributed by atoms with Gasteiger partial charge in [-0.15, -0.1) is 11.3 Å². The number of carbonyl (C=O) groups excluding carboxylic acids is 2. The number of fused-ring (bicyclic) bond motifs is 2. The number of benzene rings is 1. The number of ether oxygens (including phenoxy) is 1. The first-order valence-electron chi connectivity index (χ1n) is 12.2. The van der Waals surface area contributed by atoms with E-state index in [1.54, 1.807) is 20.4 Å². The van der Waals surface area contributed by atoms with E-state index in [0.29, 0.717) is 46.0 Å². The third-order valence-electron chi connectivity index (χ3n) is 6.71. The van der Waals surface area contributed by atoms with Crippen molar-refractivity contribution in [3.8, 4) is 5.75 Å². The number of nitrogens with one attached hydrogen (secondary N) is 4. The van der Waals surface area contributed by atoms with E-state index in [9.17, 15) is 9.59 Å². The predicted octanol–water partition coefficient (Wildman–Crippen LogP) is 3.71. The minimum absolute atomic E-state index is 0.0445. The molecule has 4 aromatic rings. The summed E-state index contributed by atoms with van der Waals surface area (Å²) in [5.41, 5.74) is 3.81. The van der Waals surface area contributed by atoms with Gasteiger partial charge in [-0.05, 0) is 62.6 Å². The number of anilines is 5. The lowest BCUT2D eigenvalue weighted by molar-refractivity contribution is -0.122. The van der Waals surface area contributed by atoms with Crippen molar-refractivity contribution >= 4 is 63.0 Å². The number of rotatable bonds is 8. The van der Waals surface area contributed by atoms with Gasteiger partial charge in [0.2, 0.25) is 11.9 Å². The lowest BCUT2D eigenvalue weighted by atomic mass is 10.1. The number of amides is 2. The zero-order chi connectivity index (χ0) is 27.0. The van der Waals surface area contributed by atoms with Crippen LogP contribution in [0, 0.1) is 0 Å². The maximum Gasteiger partial charge on any atom is 0.263 e. The minimum Gasteiger partial charge on any atom is -0.495 e. The Bertz CT molecular complexity index is 1510. The van der Waals surface area contributed by atoms with E-state index in [4.69, 9.17) is 9.72 Å². The number of H-pyrrole nitrogens is 1. The number of thiophene rings is 1. The molecule has 1 aromatic carbocycles. The molecule has 12 heteroatoms. The third kappa shape index (κ3) is 4.63. The van der Waals surface area contributed by atoms with E-state index in [1.165, 1.54) is 11.3 Å². The van der Waals surface area contributed by atoms with Crippen LogP contribution in [-0.4, -0.2) is 72.5 Å². The number of likely N-dealkylation sites (N-methyl/N-ethyl adjacent to an activating group) is 1. The fourth-order valence-corrected chi connectivity index (χ4v) is 5.19. The van der Waals surface area contributed by atoms with E-state index >= 15 is 0 Å². The SMILES string of the molecule is CNC(=O)c1sccc1Nc1nc(Nc2cc3c(cc2OC)CCN3C(=O)[C@@H](C)N(C)C)nc2[nH]ccc12. The van der Waals surface area contributed by atoms with Gasteiger partial charge in [-0.3, -0.25) is 14.5 Å². The number of nitrogens with zero attached hydrogens (tertiary/aromatic N) is 4. The summed E-state index contributed by atoms with van der Waals surface area (Å²) in [6.45, 7) is 2.52. The van der Waals surface area contributed by atoms with Crippen LogP contribution in [0.3, 0.4) is 0 Å². The summed E-state index contributed by atoms with van der Waals surface area (Å²) in [6, 6.07) is 7.34. The molecule has 198 valence electrons. The predicted molar refractivity (Wildman–Crippen MR) is 150 cm³/mol. The molecule has 0 saturated heterocycles. The molecule has 1 aliphatic heterocycles. The van der Waals surface area contributed by atoms with Crippen LogP contribution in [0.2, 0.25) is 0 Å². The van der Waals surface area contributed by atoms with E-state index < -0.39 is 0 Å². The molecule has 38 heavy (non-hydrogen) atoms. The molecule has 4 N–H and O–H groups in total. The Morgan fingerprint density at radius 2 is 2.00 bits per heavy atom. The van der Waals surface area contributed by atoms with Crippen LogP contribution in [0.15, 0.2) is 35.8 Å². The molecular formula is C26H30N8O3S. The average molecular weight is 535 g/mol. The Morgan fingerprint density at radius 1 is 1.18 bits per heavy atom. The average Bonchev–Trinajstić information content (AvgIpc) is 3.66. The van der Waals surface area contributed by atoms with Crippen molar-refractivity contribution in [1.82, 2.24) is 25.2 Å². The Labute approximate surface area is 224 Å². The van der Waals surface area contributed by atoms with Crippen molar-refractivity contribution in [1.29, 1.82) is 0 Å². The first kappa shape index (κ1) is 25.5. The summed E-state index contributed by atoms with van der Waals surface area (Å²) in [5, 5.41) is 11.9. The quantitative estimate of drug-likeness (QED) is 0.269. The summed E-state index contributed by atoms with van der Waals surface area (Å²) in [4.78, 5) is 42.2. The summed E-state index contributed by atoms with van der Waals surface area (Å²) < 4.78 is 5.67. The fraction of sp³-hybridized carbons (Fsp3) is 0.308. The molecule has 11 nitrogen and oxygen atoms in total. The first-order valence-corrected chi connectivity index (χ1v) is 13.1. The number of methoxy groups -OCH3 is 1. The monoisotopic (exact) mass is 534 g/mol. The van der Waals surface area contributed by atoms with Crippen LogP contribution in [0.1, 0.15) is 22.2 Å². The van der Waals surface area contributed by atoms with Crippen LogP contribution in [0.25, 0.3) is 11.0 Å². The van der Waals surface area contributed by atoms with Gasteiger partial charge in [-0.25, -0.2) is 0 Å². The minimum atomic E-state index is -0.247. The highest BCUT2D eigenvalue weighted by Crippen LogP contribution is 2.39. The van der Waals surface area contributed by atoms with Gasteiger partial charge >= 0.3 is 0 Å².